The number of Topliss-reactive ketones (excluding diaryl/α,β-unsaturated/α-hetero) is 1. The molecular weight excluding hydrogens is 340 g/mol. The summed E-state index contributed by atoms with van der Waals surface area (Å²) in [6, 6.07) is 15.0. The van der Waals surface area contributed by atoms with Crippen LogP contribution in [0.1, 0.15) is 20.9 Å². The minimum atomic E-state index is -0.673. The van der Waals surface area contributed by atoms with E-state index in [2.05, 4.69) is 10.2 Å². The lowest BCUT2D eigenvalue weighted by Crippen LogP contribution is -2.05. The number of hydrogen-bond acceptors (Lipinski definition) is 7. The molecule has 122 valence electrons. The highest BCUT2D eigenvalue weighted by atomic mass is 32.1. The molecule has 0 saturated heterocycles. The van der Waals surface area contributed by atoms with E-state index >= 15 is 0 Å². The number of nitro groups is 1. The Balaban J connectivity index is 1.82. The molecule has 0 aliphatic heterocycles. The van der Waals surface area contributed by atoms with E-state index in [1.165, 1.54) is 23.5 Å². The van der Waals surface area contributed by atoms with Gasteiger partial charge in [0.2, 0.25) is 0 Å². The molecule has 3 rings (SSSR count). The van der Waals surface area contributed by atoms with Crippen LogP contribution in [-0.2, 0) is 6.42 Å². The molecule has 25 heavy (non-hydrogen) atoms. The Hall–Kier alpha value is -3.44. The number of carbonyl (C=O) groups excluding carboxylic acids is 1. The van der Waals surface area contributed by atoms with E-state index in [1.54, 1.807) is 6.07 Å². The molecule has 0 amide bonds. The number of rotatable bonds is 5. The van der Waals surface area contributed by atoms with Crippen LogP contribution in [0.25, 0.3) is 10.6 Å². The maximum absolute atomic E-state index is 12.4. The van der Waals surface area contributed by atoms with Crippen LogP contribution in [-0.4, -0.2) is 20.9 Å². The molecule has 0 aliphatic rings. The molecule has 0 saturated carbocycles. The summed E-state index contributed by atoms with van der Waals surface area (Å²) < 4.78 is 0. The van der Waals surface area contributed by atoms with Gasteiger partial charge in [-0.05, 0) is 12.1 Å². The Labute approximate surface area is 146 Å². The van der Waals surface area contributed by atoms with Crippen molar-refractivity contribution in [3.8, 4) is 16.6 Å². The molecule has 0 atom stereocenters. The second-order valence-corrected chi connectivity index (χ2v) is 6.13. The summed E-state index contributed by atoms with van der Waals surface area (Å²) in [4.78, 5) is 22.7. The molecule has 0 bridgehead atoms. The molecule has 1 heterocycles. The predicted octanol–water partition coefficient (Wildman–Crippen LogP) is 3.41. The maximum Gasteiger partial charge on any atom is 0.287 e. The van der Waals surface area contributed by atoms with Crippen LogP contribution in [0.4, 0.5) is 5.69 Å². The van der Waals surface area contributed by atoms with Crippen LogP contribution in [0.3, 0.4) is 0 Å². The molecule has 2 aromatic carbocycles. The minimum Gasteiger partial charge on any atom is -0.294 e. The van der Waals surface area contributed by atoms with Crippen molar-refractivity contribution in [2.24, 2.45) is 0 Å². The molecule has 0 radical (unpaired) electrons. The number of benzene rings is 2. The van der Waals surface area contributed by atoms with E-state index < -0.39 is 4.92 Å². The summed E-state index contributed by atoms with van der Waals surface area (Å²) in [6.07, 6.45) is -0.00639. The van der Waals surface area contributed by atoms with Crippen molar-refractivity contribution in [1.82, 2.24) is 10.2 Å². The first-order chi connectivity index (χ1) is 12.1. The van der Waals surface area contributed by atoms with Gasteiger partial charge in [-0.2, -0.15) is 5.26 Å². The largest absolute Gasteiger partial charge is 0.294 e. The lowest BCUT2D eigenvalue weighted by atomic mass is 10.0. The highest BCUT2D eigenvalue weighted by Crippen LogP contribution is 2.25. The molecule has 3 aromatic rings. The number of nitriles is 1. The van der Waals surface area contributed by atoms with Crippen molar-refractivity contribution in [2.45, 2.75) is 6.42 Å². The van der Waals surface area contributed by atoms with E-state index in [4.69, 9.17) is 5.26 Å². The molecular formula is C17H10N4O3S. The molecule has 1 aromatic heterocycles. The Kier molecular flexibility index (Phi) is 4.59. The van der Waals surface area contributed by atoms with Crippen LogP contribution in [0.5, 0.6) is 0 Å². The highest BCUT2D eigenvalue weighted by Gasteiger charge is 2.19. The average Bonchev–Trinajstić information content (AvgIpc) is 3.10. The van der Waals surface area contributed by atoms with E-state index in [1.807, 2.05) is 30.3 Å². The fourth-order valence-electron chi connectivity index (χ4n) is 2.21. The predicted molar refractivity (Wildman–Crippen MR) is 91.2 cm³/mol. The summed E-state index contributed by atoms with van der Waals surface area (Å²) in [5.41, 5.74) is 0.620. The van der Waals surface area contributed by atoms with Gasteiger partial charge < -0.3 is 0 Å². The molecule has 0 unspecified atom stereocenters. The smallest absolute Gasteiger partial charge is 0.287 e. The van der Waals surface area contributed by atoms with Crippen molar-refractivity contribution in [2.75, 3.05) is 0 Å². The fraction of sp³-hybridized carbons (Fsp3) is 0.0588. The molecule has 0 fully saturated rings. The summed E-state index contributed by atoms with van der Waals surface area (Å²) in [5.74, 6) is -0.316. The highest BCUT2D eigenvalue weighted by molar-refractivity contribution is 7.14. The number of ketones is 1. The van der Waals surface area contributed by atoms with Gasteiger partial charge in [-0.3, -0.25) is 14.9 Å². The van der Waals surface area contributed by atoms with E-state index in [-0.39, 0.29) is 29.0 Å². The third-order valence-corrected chi connectivity index (χ3v) is 4.41. The van der Waals surface area contributed by atoms with Gasteiger partial charge in [0.05, 0.1) is 11.3 Å². The van der Waals surface area contributed by atoms with Gasteiger partial charge in [0, 0.05) is 17.2 Å². The lowest BCUT2D eigenvalue weighted by molar-refractivity contribution is -0.385. The van der Waals surface area contributed by atoms with Crippen LogP contribution in [0, 0.1) is 21.4 Å². The van der Waals surface area contributed by atoms with Gasteiger partial charge in [0.25, 0.3) is 5.69 Å². The number of hydrogen-bond donors (Lipinski definition) is 0. The first-order valence-corrected chi connectivity index (χ1v) is 7.99. The normalized spacial score (nSPS) is 10.2. The number of carbonyl (C=O) groups is 1. The zero-order valence-electron chi connectivity index (χ0n) is 12.7. The summed E-state index contributed by atoms with van der Waals surface area (Å²) in [7, 11) is 0. The monoisotopic (exact) mass is 350 g/mol. The SMILES string of the molecule is N#Cc1ccc(C(=O)Cc2nnc(-c3ccccc3)s2)cc1[N+](=O)[O-]. The number of nitro benzene ring substituents is 1. The zero-order valence-corrected chi connectivity index (χ0v) is 13.6. The quantitative estimate of drug-likeness (QED) is 0.396. The van der Waals surface area contributed by atoms with Crippen LogP contribution in [0.15, 0.2) is 48.5 Å². The van der Waals surface area contributed by atoms with Crippen molar-refractivity contribution >= 4 is 22.8 Å². The summed E-state index contributed by atoms with van der Waals surface area (Å²) in [6.45, 7) is 0. The van der Waals surface area contributed by atoms with Crippen LogP contribution in [0.2, 0.25) is 0 Å². The van der Waals surface area contributed by atoms with Crippen LogP contribution < -0.4 is 0 Å². The van der Waals surface area contributed by atoms with Gasteiger partial charge in [0.15, 0.2) is 5.78 Å². The molecule has 0 N–H and O–H groups in total. The number of aromatic nitrogens is 2. The maximum atomic E-state index is 12.4. The van der Waals surface area contributed by atoms with Crippen molar-refractivity contribution in [1.29, 1.82) is 5.26 Å². The first-order valence-electron chi connectivity index (χ1n) is 7.18. The van der Waals surface area contributed by atoms with Crippen molar-refractivity contribution in [3.63, 3.8) is 0 Å². The second kappa shape index (κ2) is 6.98. The fourth-order valence-corrected chi connectivity index (χ4v) is 3.06. The Morgan fingerprint density at radius 3 is 2.64 bits per heavy atom. The van der Waals surface area contributed by atoms with Gasteiger partial charge in [-0.15, -0.1) is 10.2 Å². The molecule has 0 aliphatic carbocycles. The zero-order chi connectivity index (χ0) is 17.8. The standard InChI is InChI=1S/C17H10N4O3S/c18-10-13-7-6-12(8-14(13)21(23)24)15(22)9-16-19-20-17(25-16)11-4-2-1-3-5-11/h1-8H,9H2. The molecule has 7 nitrogen and oxygen atoms in total. The van der Waals surface area contributed by atoms with E-state index in [0.717, 1.165) is 11.6 Å². The lowest BCUT2D eigenvalue weighted by Gasteiger charge is -2.00. The Bertz CT molecular complexity index is 993. The van der Waals surface area contributed by atoms with Gasteiger partial charge in [-0.25, -0.2) is 0 Å². The van der Waals surface area contributed by atoms with E-state index in [0.29, 0.717) is 10.0 Å². The van der Waals surface area contributed by atoms with Gasteiger partial charge in [-0.1, -0.05) is 41.7 Å². The number of nitrogens with zero attached hydrogens (tertiary/aromatic N) is 4. The first kappa shape index (κ1) is 16.4. The summed E-state index contributed by atoms with van der Waals surface area (Å²) in [5, 5.41) is 29.2. The van der Waals surface area contributed by atoms with Gasteiger partial charge in [0.1, 0.15) is 21.6 Å². The second-order valence-electron chi connectivity index (χ2n) is 5.07. The molecule has 8 heteroatoms. The summed E-state index contributed by atoms with van der Waals surface area (Å²) >= 11 is 1.30. The third-order valence-electron chi connectivity index (χ3n) is 3.44. The van der Waals surface area contributed by atoms with E-state index in [9.17, 15) is 14.9 Å². The Morgan fingerprint density at radius 2 is 1.96 bits per heavy atom. The molecule has 0 spiro atoms. The Morgan fingerprint density at radius 1 is 1.20 bits per heavy atom. The minimum absolute atomic E-state index is 0.00639. The van der Waals surface area contributed by atoms with Gasteiger partial charge >= 0.3 is 0 Å². The van der Waals surface area contributed by atoms with Crippen molar-refractivity contribution < 1.29 is 9.72 Å². The van der Waals surface area contributed by atoms with Crippen molar-refractivity contribution in [3.05, 3.63) is 74.8 Å². The topological polar surface area (TPSA) is 110 Å². The van der Waals surface area contributed by atoms with Crippen LogP contribution >= 0.6 is 11.3 Å². The third kappa shape index (κ3) is 3.57. The average molecular weight is 350 g/mol.